The zero-order valence-electron chi connectivity index (χ0n) is 15.3. The number of benzene rings is 2. The molecule has 2 unspecified atom stereocenters. The number of alkyl halides is 4. The molecule has 1 fully saturated rings. The second kappa shape index (κ2) is 9.28. The summed E-state index contributed by atoms with van der Waals surface area (Å²) in [6, 6.07) is 15.7. The summed E-state index contributed by atoms with van der Waals surface area (Å²) in [5, 5.41) is 3.40. The topological polar surface area (TPSA) is 30.5 Å². The molecule has 152 valence electrons. The van der Waals surface area contributed by atoms with Crippen molar-refractivity contribution in [3.8, 4) is 11.5 Å². The Kier molecular flexibility index (Phi) is 6.78. The minimum Gasteiger partial charge on any atom is -0.490 e. The molecule has 0 saturated heterocycles. The predicted octanol–water partition coefficient (Wildman–Crippen LogP) is 5.40. The Bertz CT molecular complexity index is 742. The highest BCUT2D eigenvalue weighted by Crippen LogP contribution is 2.28. The first-order chi connectivity index (χ1) is 13.4. The normalized spacial score (nSPS) is 20.2. The highest BCUT2D eigenvalue weighted by atomic mass is 19.3. The highest BCUT2D eigenvalue weighted by molar-refractivity contribution is 5.29. The molecule has 0 spiro atoms. The number of hydrogen-bond acceptors (Lipinski definition) is 3. The number of hydrogen-bond donors (Lipinski definition) is 1. The fourth-order valence-electron chi connectivity index (χ4n) is 3.31. The van der Waals surface area contributed by atoms with E-state index in [0.717, 1.165) is 31.4 Å². The van der Waals surface area contributed by atoms with Crippen molar-refractivity contribution < 1.29 is 27.0 Å². The Morgan fingerprint density at radius 2 is 1.75 bits per heavy atom. The molecule has 3 nitrogen and oxygen atoms in total. The van der Waals surface area contributed by atoms with Gasteiger partial charge in [-0.1, -0.05) is 30.3 Å². The number of rotatable bonds is 8. The van der Waals surface area contributed by atoms with E-state index in [1.54, 1.807) is 6.07 Å². The third-order valence-electron chi connectivity index (χ3n) is 4.67. The van der Waals surface area contributed by atoms with Gasteiger partial charge in [0.15, 0.2) is 0 Å². The minimum atomic E-state index is -4.50. The van der Waals surface area contributed by atoms with Gasteiger partial charge in [0, 0.05) is 12.6 Å². The van der Waals surface area contributed by atoms with E-state index in [-0.39, 0.29) is 17.9 Å². The van der Waals surface area contributed by atoms with Gasteiger partial charge in [-0.15, -0.1) is 0 Å². The second-order valence-electron chi connectivity index (χ2n) is 6.91. The summed E-state index contributed by atoms with van der Waals surface area (Å²) in [5.74, 6) is 0.566. The van der Waals surface area contributed by atoms with Gasteiger partial charge >= 0.3 is 12.5 Å². The van der Waals surface area contributed by atoms with Crippen molar-refractivity contribution >= 4 is 0 Å². The first-order valence-electron chi connectivity index (χ1n) is 9.31. The molecule has 0 heterocycles. The lowest BCUT2D eigenvalue weighted by Crippen LogP contribution is -2.37. The maximum absolute atomic E-state index is 13.1. The van der Waals surface area contributed by atoms with Gasteiger partial charge in [0.05, 0.1) is 0 Å². The Morgan fingerprint density at radius 3 is 2.50 bits per heavy atom. The summed E-state index contributed by atoms with van der Waals surface area (Å²) < 4.78 is 60.9. The number of nitrogens with one attached hydrogen (secondary N) is 1. The van der Waals surface area contributed by atoms with Crippen molar-refractivity contribution in [1.82, 2.24) is 5.32 Å². The Hall–Kier alpha value is -2.28. The summed E-state index contributed by atoms with van der Waals surface area (Å²) in [4.78, 5) is 0. The molecule has 0 radical (unpaired) electrons. The maximum Gasteiger partial charge on any atom is 0.461 e. The zero-order valence-corrected chi connectivity index (χ0v) is 15.3. The minimum absolute atomic E-state index is 0.119. The van der Waals surface area contributed by atoms with Crippen molar-refractivity contribution in [2.45, 2.75) is 56.9 Å². The highest BCUT2D eigenvalue weighted by Gasteiger charge is 2.43. The molecule has 28 heavy (non-hydrogen) atoms. The molecule has 7 heteroatoms. The third-order valence-corrected chi connectivity index (χ3v) is 4.67. The van der Waals surface area contributed by atoms with Gasteiger partial charge < -0.3 is 14.8 Å². The average molecular weight is 397 g/mol. The molecule has 0 amide bonds. The van der Waals surface area contributed by atoms with Crippen LogP contribution in [0.4, 0.5) is 17.6 Å². The molecule has 1 N–H and O–H groups in total. The quantitative estimate of drug-likeness (QED) is 0.605. The van der Waals surface area contributed by atoms with Gasteiger partial charge in [0.1, 0.15) is 17.6 Å². The van der Waals surface area contributed by atoms with E-state index in [0.29, 0.717) is 12.1 Å². The lowest BCUT2D eigenvalue weighted by Gasteiger charge is -2.30. The van der Waals surface area contributed by atoms with E-state index in [4.69, 9.17) is 4.74 Å². The molecule has 0 bridgehead atoms. The van der Waals surface area contributed by atoms with Crippen molar-refractivity contribution in [2.75, 3.05) is 0 Å². The van der Waals surface area contributed by atoms with Crippen molar-refractivity contribution in [3.63, 3.8) is 0 Å². The monoisotopic (exact) mass is 397 g/mol. The van der Waals surface area contributed by atoms with E-state index in [1.807, 2.05) is 30.3 Å². The molecule has 0 aliphatic heterocycles. The summed E-state index contributed by atoms with van der Waals surface area (Å²) >= 11 is 0. The van der Waals surface area contributed by atoms with Crippen molar-refractivity contribution in [2.24, 2.45) is 0 Å². The maximum atomic E-state index is 13.1. The standard InChI is InChI=1S/C21H23F4NO2/c22-20(23)21(24,25)28-19-11-4-6-15(12-19)14-26-16-7-5-10-18(13-16)27-17-8-2-1-3-9-17/h1-4,6,8-9,11-12,16,18,20,26H,5,7,10,13-14H2. The van der Waals surface area contributed by atoms with E-state index in [2.05, 4.69) is 10.1 Å². The number of halogens is 4. The van der Waals surface area contributed by atoms with Crippen LogP contribution in [0.15, 0.2) is 54.6 Å². The molecule has 0 aromatic heterocycles. The predicted molar refractivity (Wildman–Crippen MR) is 98.0 cm³/mol. The van der Waals surface area contributed by atoms with Gasteiger partial charge in [0.25, 0.3) is 0 Å². The van der Waals surface area contributed by atoms with Crippen LogP contribution < -0.4 is 14.8 Å². The SMILES string of the molecule is FC(F)C(F)(F)Oc1cccc(CNC2CCCC(Oc3ccccc3)C2)c1. The molecule has 1 aliphatic carbocycles. The molecule has 2 atom stereocenters. The largest absolute Gasteiger partial charge is 0.490 e. The summed E-state index contributed by atoms with van der Waals surface area (Å²) in [5.41, 5.74) is 0.689. The number of ether oxygens (including phenoxy) is 2. The lowest BCUT2D eigenvalue weighted by atomic mass is 9.92. The Balaban J connectivity index is 1.51. The lowest BCUT2D eigenvalue weighted by molar-refractivity contribution is -0.253. The van der Waals surface area contributed by atoms with Crippen LogP contribution in [-0.2, 0) is 6.54 Å². The van der Waals surface area contributed by atoms with Gasteiger partial charge in [-0.2, -0.15) is 17.6 Å². The molecule has 2 aromatic carbocycles. The molecular weight excluding hydrogens is 374 g/mol. The fourth-order valence-corrected chi connectivity index (χ4v) is 3.31. The zero-order chi connectivity index (χ0) is 20.0. The third kappa shape index (κ3) is 5.86. The summed E-state index contributed by atoms with van der Waals surface area (Å²) in [6.07, 6.45) is -4.41. The van der Waals surface area contributed by atoms with Crippen LogP contribution in [0.5, 0.6) is 11.5 Å². The first kappa shape index (κ1) is 20.5. The van der Waals surface area contributed by atoms with E-state index in [9.17, 15) is 17.6 Å². The summed E-state index contributed by atoms with van der Waals surface area (Å²) in [6.45, 7) is 0.431. The van der Waals surface area contributed by atoms with Gasteiger partial charge in [-0.05, 0) is 55.5 Å². The molecule has 1 saturated carbocycles. The van der Waals surface area contributed by atoms with Crippen LogP contribution in [0.2, 0.25) is 0 Å². The molecule has 3 rings (SSSR count). The van der Waals surface area contributed by atoms with Crippen LogP contribution in [0.25, 0.3) is 0 Å². The van der Waals surface area contributed by atoms with Crippen LogP contribution in [0.1, 0.15) is 31.2 Å². The Labute approximate surface area is 161 Å². The first-order valence-corrected chi connectivity index (χ1v) is 9.31. The van der Waals surface area contributed by atoms with Gasteiger partial charge in [-0.3, -0.25) is 0 Å². The van der Waals surface area contributed by atoms with Crippen molar-refractivity contribution in [1.29, 1.82) is 0 Å². The van der Waals surface area contributed by atoms with Gasteiger partial charge in [0.2, 0.25) is 0 Å². The van der Waals surface area contributed by atoms with E-state index in [1.165, 1.54) is 18.2 Å². The fraction of sp³-hybridized carbons (Fsp3) is 0.429. The molecular formula is C21H23F4NO2. The van der Waals surface area contributed by atoms with E-state index < -0.39 is 12.5 Å². The summed E-state index contributed by atoms with van der Waals surface area (Å²) in [7, 11) is 0. The Morgan fingerprint density at radius 1 is 1.00 bits per heavy atom. The van der Waals surface area contributed by atoms with Crippen molar-refractivity contribution in [3.05, 3.63) is 60.2 Å². The average Bonchev–Trinajstić information content (AvgIpc) is 2.67. The van der Waals surface area contributed by atoms with Crippen LogP contribution >= 0.6 is 0 Å². The van der Waals surface area contributed by atoms with Crippen LogP contribution in [-0.4, -0.2) is 24.7 Å². The second-order valence-corrected chi connectivity index (χ2v) is 6.91. The smallest absolute Gasteiger partial charge is 0.461 e. The molecule has 1 aliphatic rings. The van der Waals surface area contributed by atoms with E-state index >= 15 is 0 Å². The molecule has 2 aromatic rings. The van der Waals surface area contributed by atoms with Crippen LogP contribution in [0, 0.1) is 0 Å². The van der Waals surface area contributed by atoms with Gasteiger partial charge in [-0.25, -0.2) is 0 Å². The van der Waals surface area contributed by atoms with Crippen LogP contribution in [0.3, 0.4) is 0 Å². The number of para-hydroxylation sites is 1.